The molecule has 0 atom stereocenters. The maximum absolute atomic E-state index is 5.42. The number of thiazole rings is 1. The highest BCUT2D eigenvalue weighted by Crippen LogP contribution is 2.35. The van der Waals surface area contributed by atoms with Crippen LogP contribution < -0.4 is 14.4 Å². The predicted molar refractivity (Wildman–Crippen MR) is 90.3 cm³/mol. The summed E-state index contributed by atoms with van der Waals surface area (Å²) in [6.45, 7) is 2.88. The van der Waals surface area contributed by atoms with Crippen LogP contribution in [0.25, 0.3) is 11.3 Å². The molecule has 0 fully saturated rings. The summed E-state index contributed by atoms with van der Waals surface area (Å²) in [5.74, 6) is 2.02. The number of fused-ring (bicyclic) bond motifs is 1. The molecule has 0 saturated heterocycles. The number of aryl methyl sites for hydroxylation is 1. The van der Waals surface area contributed by atoms with Crippen molar-refractivity contribution in [2.24, 2.45) is 0 Å². The van der Waals surface area contributed by atoms with Crippen molar-refractivity contribution in [2.75, 3.05) is 18.7 Å². The van der Waals surface area contributed by atoms with Gasteiger partial charge in [-0.05, 0) is 25.1 Å². The zero-order valence-electron chi connectivity index (χ0n) is 13.3. The molecular formula is C16H15N5O2S. The summed E-state index contributed by atoms with van der Waals surface area (Å²) in [6, 6.07) is 5.72. The normalized spacial score (nSPS) is 12.4. The first-order valence-corrected chi connectivity index (χ1v) is 8.29. The Balaban J connectivity index is 1.59. The fourth-order valence-corrected chi connectivity index (χ4v) is 3.22. The van der Waals surface area contributed by atoms with Crippen LogP contribution in [0, 0.1) is 6.92 Å². The molecule has 0 radical (unpaired) electrons. The second kappa shape index (κ2) is 6.04. The Labute approximate surface area is 142 Å². The molecule has 8 heteroatoms. The highest BCUT2D eigenvalue weighted by Gasteiger charge is 2.15. The van der Waals surface area contributed by atoms with Crippen molar-refractivity contribution in [1.82, 2.24) is 20.2 Å². The topological polar surface area (TPSA) is 73.3 Å². The third-order valence-electron chi connectivity index (χ3n) is 3.60. The fourth-order valence-electron chi connectivity index (χ4n) is 2.40. The van der Waals surface area contributed by atoms with E-state index in [1.165, 1.54) is 0 Å². The minimum atomic E-state index is 0.252. The molecule has 0 saturated carbocycles. The molecule has 0 bridgehead atoms. The maximum atomic E-state index is 5.42. The van der Waals surface area contributed by atoms with Gasteiger partial charge in [0.15, 0.2) is 11.5 Å². The molecule has 24 heavy (non-hydrogen) atoms. The van der Waals surface area contributed by atoms with Gasteiger partial charge in [0.25, 0.3) is 0 Å². The van der Waals surface area contributed by atoms with Crippen molar-refractivity contribution in [3.05, 3.63) is 40.5 Å². The molecule has 0 amide bonds. The van der Waals surface area contributed by atoms with Crippen LogP contribution >= 0.6 is 11.3 Å². The number of hydrogen-bond donors (Lipinski definition) is 0. The summed E-state index contributed by atoms with van der Waals surface area (Å²) in [5.41, 5.74) is 2.67. The summed E-state index contributed by atoms with van der Waals surface area (Å²) in [6.07, 6.45) is 1.64. The summed E-state index contributed by atoms with van der Waals surface area (Å²) >= 11 is 1.63. The van der Waals surface area contributed by atoms with E-state index in [1.807, 2.05) is 42.5 Å². The lowest BCUT2D eigenvalue weighted by Gasteiger charge is -2.15. The first kappa shape index (κ1) is 14.8. The molecule has 3 aromatic rings. The van der Waals surface area contributed by atoms with Gasteiger partial charge in [-0.25, -0.2) is 9.97 Å². The first-order chi connectivity index (χ1) is 11.7. The number of ether oxygens (including phenoxy) is 2. The van der Waals surface area contributed by atoms with Crippen LogP contribution in [0.1, 0.15) is 10.7 Å². The van der Waals surface area contributed by atoms with Crippen molar-refractivity contribution in [3.63, 3.8) is 0 Å². The van der Waals surface area contributed by atoms with E-state index in [-0.39, 0.29) is 6.79 Å². The molecule has 7 nitrogen and oxygen atoms in total. The second-order valence-electron chi connectivity index (χ2n) is 5.45. The maximum Gasteiger partial charge on any atom is 0.246 e. The molecule has 122 valence electrons. The number of rotatable bonds is 4. The Hall–Kier alpha value is -2.74. The lowest BCUT2D eigenvalue weighted by atomic mass is 10.1. The lowest BCUT2D eigenvalue weighted by Crippen LogP contribution is -2.19. The van der Waals surface area contributed by atoms with Crippen LogP contribution in [0.15, 0.2) is 29.8 Å². The molecule has 1 aliphatic heterocycles. The summed E-state index contributed by atoms with van der Waals surface area (Å²) in [5, 5.41) is 11.3. The van der Waals surface area contributed by atoms with Gasteiger partial charge in [-0.1, -0.05) is 0 Å². The number of hydrogen-bond acceptors (Lipinski definition) is 8. The van der Waals surface area contributed by atoms with E-state index in [4.69, 9.17) is 9.47 Å². The minimum Gasteiger partial charge on any atom is -0.454 e. The van der Waals surface area contributed by atoms with E-state index >= 15 is 0 Å². The monoisotopic (exact) mass is 341 g/mol. The number of nitrogens with zero attached hydrogens (tertiary/aromatic N) is 5. The van der Waals surface area contributed by atoms with Crippen molar-refractivity contribution >= 4 is 17.3 Å². The van der Waals surface area contributed by atoms with E-state index in [0.717, 1.165) is 33.5 Å². The molecule has 0 aliphatic carbocycles. The van der Waals surface area contributed by atoms with Crippen molar-refractivity contribution < 1.29 is 9.47 Å². The average Bonchev–Trinajstić information content (AvgIpc) is 3.23. The molecule has 0 N–H and O–H groups in total. The van der Waals surface area contributed by atoms with Gasteiger partial charge in [-0.15, -0.1) is 16.4 Å². The molecule has 3 heterocycles. The predicted octanol–water partition coefficient (Wildman–Crippen LogP) is 2.67. The van der Waals surface area contributed by atoms with Crippen LogP contribution in [-0.2, 0) is 6.54 Å². The Bertz CT molecular complexity index is 882. The third kappa shape index (κ3) is 2.88. The summed E-state index contributed by atoms with van der Waals surface area (Å²) in [7, 11) is 1.93. The lowest BCUT2D eigenvalue weighted by molar-refractivity contribution is 0.174. The zero-order valence-corrected chi connectivity index (χ0v) is 14.1. The molecule has 2 aromatic heterocycles. The van der Waals surface area contributed by atoms with Gasteiger partial charge in [0.2, 0.25) is 12.7 Å². The third-order valence-corrected chi connectivity index (χ3v) is 4.55. The second-order valence-corrected chi connectivity index (χ2v) is 6.39. The average molecular weight is 341 g/mol. The van der Waals surface area contributed by atoms with Crippen LogP contribution in [-0.4, -0.2) is 34.0 Å². The van der Waals surface area contributed by atoms with E-state index < -0.39 is 0 Å². The zero-order chi connectivity index (χ0) is 16.5. The number of anilines is 1. The molecule has 4 rings (SSSR count). The van der Waals surface area contributed by atoms with Crippen LogP contribution in [0.2, 0.25) is 0 Å². The SMILES string of the molecule is Cc1csc(CN(C)c2nncc(-c3ccc4c(c3)OCO4)n2)n1. The van der Waals surface area contributed by atoms with Crippen LogP contribution in [0.5, 0.6) is 11.5 Å². The minimum absolute atomic E-state index is 0.252. The Morgan fingerprint density at radius 2 is 2.08 bits per heavy atom. The van der Waals surface area contributed by atoms with Gasteiger partial charge in [-0.3, -0.25) is 0 Å². The van der Waals surface area contributed by atoms with E-state index in [9.17, 15) is 0 Å². The van der Waals surface area contributed by atoms with Crippen molar-refractivity contribution in [3.8, 4) is 22.8 Å². The van der Waals surface area contributed by atoms with Crippen molar-refractivity contribution in [2.45, 2.75) is 13.5 Å². The molecule has 0 spiro atoms. The largest absolute Gasteiger partial charge is 0.454 e. The van der Waals surface area contributed by atoms with Crippen LogP contribution in [0.3, 0.4) is 0 Å². The number of aromatic nitrogens is 4. The fraction of sp³-hybridized carbons (Fsp3) is 0.250. The highest BCUT2D eigenvalue weighted by atomic mass is 32.1. The Morgan fingerprint density at radius 1 is 1.21 bits per heavy atom. The molecule has 1 aromatic carbocycles. The smallest absolute Gasteiger partial charge is 0.246 e. The van der Waals surface area contributed by atoms with Gasteiger partial charge < -0.3 is 14.4 Å². The Kier molecular flexibility index (Phi) is 3.73. The molecule has 1 aliphatic rings. The van der Waals surface area contributed by atoms with E-state index in [2.05, 4.69) is 20.2 Å². The van der Waals surface area contributed by atoms with E-state index in [1.54, 1.807) is 17.5 Å². The summed E-state index contributed by atoms with van der Waals surface area (Å²) < 4.78 is 10.8. The van der Waals surface area contributed by atoms with Gasteiger partial charge >= 0.3 is 0 Å². The number of benzene rings is 1. The summed E-state index contributed by atoms with van der Waals surface area (Å²) in [4.78, 5) is 11.0. The van der Waals surface area contributed by atoms with Gasteiger partial charge in [0.1, 0.15) is 5.01 Å². The highest BCUT2D eigenvalue weighted by molar-refractivity contribution is 7.09. The Morgan fingerprint density at radius 3 is 2.92 bits per heavy atom. The molecular weight excluding hydrogens is 326 g/mol. The van der Waals surface area contributed by atoms with Crippen molar-refractivity contribution in [1.29, 1.82) is 0 Å². The van der Waals surface area contributed by atoms with Crippen LogP contribution in [0.4, 0.5) is 5.95 Å². The quantitative estimate of drug-likeness (QED) is 0.722. The van der Waals surface area contributed by atoms with E-state index in [0.29, 0.717) is 12.5 Å². The first-order valence-electron chi connectivity index (χ1n) is 7.41. The van der Waals surface area contributed by atoms with Gasteiger partial charge in [-0.2, -0.15) is 5.10 Å². The standard InChI is InChI=1S/C16H15N5O2S/c1-10-8-24-15(18-10)7-21(2)16-19-12(6-17-20-16)11-3-4-13-14(5-11)23-9-22-13/h3-6,8H,7,9H2,1-2H3. The van der Waals surface area contributed by atoms with Gasteiger partial charge in [0, 0.05) is 23.7 Å². The van der Waals surface area contributed by atoms with Gasteiger partial charge in [0.05, 0.1) is 18.4 Å². The molecule has 0 unspecified atom stereocenters.